The van der Waals surface area contributed by atoms with E-state index in [1.165, 1.54) is 12.1 Å². The van der Waals surface area contributed by atoms with Gasteiger partial charge in [0.05, 0.1) is 24.5 Å². The zero-order chi connectivity index (χ0) is 17.8. The van der Waals surface area contributed by atoms with Crippen LogP contribution in [0.15, 0.2) is 48.5 Å². The van der Waals surface area contributed by atoms with Crippen molar-refractivity contribution in [2.45, 2.75) is 25.3 Å². The maximum Gasteiger partial charge on any atom is 0.269 e. The van der Waals surface area contributed by atoms with Gasteiger partial charge in [0.2, 0.25) is 5.91 Å². The van der Waals surface area contributed by atoms with E-state index in [2.05, 4.69) is 5.32 Å². The fourth-order valence-electron chi connectivity index (χ4n) is 2.86. The lowest BCUT2D eigenvalue weighted by Gasteiger charge is -2.19. The Labute approximate surface area is 146 Å². The van der Waals surface area contributed by atoms with Crippen LogP contribution in [0.25, 0.3) is 0 Å². The Balaban J connectivity index is 1.65. The summed E-state index contributed by atoms with van der Waals surface area (Å²) in [4.78, 5) is 22.6. The number of nitrogens with zero attached hydrogens (tertiary/aromatic N) is 1. The molecule has 1 aliphatic carbocycles. The molecule has 0 saturated heterocycles. The standard InChI is InChI=1S/C19H20N2O4/c1-25-17-10-6-15(7-11-17)19(14-4-5-14)20-18(22)12-13-2-8-16(9-3-13)21(23)24/h2-3,6-11,14,19H,4-5,12H2,1H3,(H,20,22). The number of hydrogen-bond acceptors (Lipinski definition) is 4. The predicted molar refractivity (Wildman–Crippen MR) is 93.4 cm³/mol. The summed E-state index contributed by atoms with van der Waals surface area (Å²) in [6.07, 6.45) is 2.42. The molecule has 2 aromatic carbocycles. The van der Waals surface area contributed by atoms with Crippen molar-refractivity contribution in [1.82, 2.24) is 5.32 Å². The predicted octanol–water partition coefficient (Wildman–Crippen LogP) is 3.41. The first-order valence-electron chi connectivity index (χ1n) is 8.23. The van der Waals surface area contributed by atoms with Crippen LogP contribution in [0.5, 0.6) is 5.75 Å². The van der Waals surface area contributed by atoms with Gasteiger partial charge in [-0.1, -0.05) is 24.3 Å². The molecule has 2 aromatic rings. The molecule has 130 valence electrons. The largest absolute Gasteiger partial charge is 0.497 e. The van der Waals surface area contributed by atoms with Crippen LogP contribution in [0.2, 0.25) is 0 Å². The second-order valence-electron chi connectivity index (χ2n) is 6.26. The van der Waals surface area contributed by atoms with E-state index >= 15 is 0 Å². The Kier molecular flexibility index (Phi) is 4.97. The highest BCUT2D eigenvalue weighted by molar-refractivity contribution is 5.79. The molecule has 1 fully saturated rings. The van der Waals surface area contributed by atoms with Gasteiger partial charge >= 0.3 is 0 Å². The molecule has 0 aromatic heterocycles. The number of carbonyl (C=O) groups excluding carboxylic acids is 1. The highest BCUT2D eigenvalue weighted by Gasteiger charge is 2.33. The van der Waals surface area contributed by atoms with Gasteiger partial charge < -0.3 is 10.1 Å². The smallest absolute Gasteiger partial charge is 0.269 e. The van der Waals surface area contributed by atoms with Crippen molar-refractivity contribution in [3.63, 3.8) is 0 Å². The molecule has 6 nitrogen and oxygen atoms in total. The number of amides is 1. The van der Waals surface area contributed by atoms with Gasteiger partial charge in [0.15, 0.2) is 0 Å². The summed E-state index contributed by atoms with van der Waals surface area (Å²) in [6, 6.07) is 13.8. The Hall–Kier alpha value is -2.89. The molecule has 0 heterocycles. The molecule has 1 atom stereocenters. The van der Waals surface area contributed by atoms with Crippen molar-refractivity contribution >= 4 is 11.6 Å². The first-order valence-corrected chi connectivity index (χ1v) is 8.23. The normalized spacial score (nSPS) is 14.6. The molecule has 1 unspecified atom stereocenters. The third-order valence-electron chi connectivity index (χ3n) is 4.40. The van der Waals surface area contributed by atoms with Gasteiger partial charge in [-0.25, -0.2) is 0 Å². The minimum Gasteiger partial charge on any atom is -0.497 e. The second kappa shape index (κ2) is 7.34. The number of non-ortho nitro benzene ring substituents is 1. The molecule has 0 spiro atoms. The number of hydrogen-bond donors (Lipinski definition) is 1. The average molecular weight is 340 g/mol. The number of rotatable bonds is 7. The maximum absolute atomic E-state index is 12.4. The van der Waals surface area contributed by atoms with Gasteiger partial charge in [-0.15, -0.1) is 0 Å². The maximum atomic E-state index is 12.4. The molecule has 25 heavy (non-hydrogen) atoms. The van der Waals surface area contributed by atoms with Gasteiger partial charge in [0.25, 0.3) is 5.69 Å². The van der Waals surface area contributed by atoms with E-state index in [-0.39, 0.29) is 24.1 Å². The quantitative estimate of drug-likeness (QED) is 0.618. The minimum atomic E-state index is -0.448. The molecule has 1 aliphatic rings. The molecular formula is C19H20N2O4. The van der Waals surface area contributed by atoms with Gasteiger partial charge in [0, 0.05) is 12.1 Å². The van der Waals surface area contributed by atoms with E-state index in [1.807, 2.05) is 24.3 Å². The van der Waals surface area contributed by atoms with E-state index < -0.39 is 4.92 Å². The summed E-state index contributed by atoms with van der Waals surface area (Å²) >= 11 is 0. The van der Waals surface area contributed by atoms with E-state index in [4.69, 9.17) is 4.74 Å². The fraction of sp³-hybridized carbons (Fsp3) is 0.316. The Morgan fingerprint density at radius 1 is 1.20 bits per heavy atom. The fourth-order valence-corrected chi connectivity index (χ4v) is 2.86. The van der Waals surface area contributed by atoms with Crippen LogP contribution in [-0.2, 0) is 11.2 Å². The van der Waals surface area contributed by atoms with Crippen LogP contribution >= 0.6 is 0 Å². The number of nitro benzene ring substituents is 1. The lowest BCUT2D eigenvalue weighted by Crippen LogP contribution is -2.31. The average Bonchev–Trinajstić information content (AvgIpc) is 3.45. The molecule has 0 aliphatic heterocycles. The lowest BCUT2D eigenvalue weighted by molar-refractivity contribution is -0.384. The summed E-state index contributed by atoms with van der Waals surface area (Å²) in [6.45, 7) is 0. The van der Waals surface area contributed by atoms with Gasteiger partial charge in [-0.3, -0.25) is 14.9 Å². The molecule has 1 amide bonds. The number of carbonyl (C=O) groups is 1. The summed E-state index contributed by atoms with van der Waals surface area (Å²) in [5, 5.41) is 13.8. The van der Waals surface area contributed by atoms with E-state index in [9.17, 15) is 14.9 Å². The number of ether oxygens (including phenoxy) is 1. The molecular weight excluding hydrogens is 320 g/mol. The second-order valence-corrected chi connectivity index (χ2v) is 6.26. The van der Waals surface area contributed by atoms with Crippen molar-refractivity contribution in [1.29, 1.82) is 0 Å². The topological polar surface area (TPSA) is 81.5 Å². The van der Waals surface area contributed by atoms with Crippen LogP contribution in [0.3, 0.4) is 0 Å². The summed E-state index contributed by atoms with van der Waals surface area (Å²) in [5.74, 6) is 1.17. The van der Waals surface area contributed by atoms with Crippen molar-refractivity contribution in [3.8, 4) is 5.75 Å². The van der Waals surface area contributed by atoms with Crippen LogP contribution in [0.4, 0.5) is 5.69 Å². The van der Waals surface area contributed by atoms with E-state index in [0.29, 0.717) is 5.92 Å². The third-order valence-corrected chi connectivity index (χ3v) is 4.40. The molecule has 0 bridgehead atoms. The Bertz CT molecular complexity index is 752. The minimum absolute atomic E-state index is 0.00328. The molecule has 1 saturated carbocycles. The highest BCUT2D eigenvalue weighted by atomic mass is 16.6. The van der Waals surface area contributed by atoms with E-state index in [0.717, 1.165) is 29.7 Å². The van der Waals surface area contributed by atoms with Crippen LogP contribution in [0, 0.1) is 16.0 Å². The first kappa shape index (κ1) is 17.0. The summed E-state index contributed by atoms with van der Waals surface area (Å²) in [5.41, 5.74) is 1.85. The van der Waals surface area contributed by atoms with Crippen molar-refractivity contribution in [3.05, 3.63) is 69.8 Å². The van der Waals surface area contributed by atoms with Crippen molar-refractivity contribution < 1.29 is 14.5 Å². The lowest BCUT2D eigenvalue weighted by atomic mass is 10.0. The summed E-state index contributed by atoms with van der Waals surface area (Å²) < 4.78 is 5.18. The molecule has 3 rings (SSSR count). The van der Waals surface area contributed by atoms with Crippen LogP contribution < -0.4 is 10.1 Å². The molecule has 1 N–H and O–H groups in total. The summed E-state index contributed by atoms with van der Waals surface area (Å²) in [7, 11) is 1.62. The molecule has 6 heteroatoms. The third kappa shape index (κ3) is 4.35. The Morgan fingerprint density at radius 3 is 2.36 bits per heavy atom. The van der Waals surface area contributed by atoms with Gasteiger partial charge in [-0.2, -0.15) is 0 Å². The van der Waals surface area contributed by atoms with Gasteiger partial charge in [0.1, 0.15) is 5.75 Å². The molecule has 0 radical (unpaired) electrons. The van der Waals surface area contributed by atoms with Crippen LogP contribution in [-0.4, -0.2) is 17.9 Å². The van der Waals surface area contributed by atoms with Crippen molar-refractivity contribution in [2.24, 2.45) is 5.92 Å². The first-order chi connectivity index (χ1) is 12.1. The number of benzene rings is 2. The highest BCUT2D eigenvalue weighted by Crippen LogP contribution is 2.41. The van der Waals surface area contributed by atoms with Gasteiger partial charge in [-0.05, 0) is 42.0 Å². The number of nitro groups is 1. The SMILES string of the molecule is COc1ccc(C(NC(=O)Cc2ccc([N+](=O)[O-])cc2)C2CC2)cc1. The van der Waals surface area contributed by atoms with Crippen molar-refractivity contribution in [2.75, 3.05) is 7.11 Å². The monoisotopic (exact) mass is 340 g/mol. The number of nitrogens with one attached hydrogen (secondary N) is 1. The zero-order valence-corrected chi connectivity index (χ0v) is 14.0. The number of methoxy groups -OCH3 is 1. The van der Waals surface area contributed by atoms with Crippen LogP contribution in [0.1, 0.15) is 30.0 Å². The van der Waals surface area contributed by atoms with E-state index in [1.54, 1.807) is 19.2 Å². The zero-order valence-electron chi connectivity index (χ0n) is 14.0. The Morgan fingerprint density at radius 2 is 1.84 bits per heavy atom.